The van der Waals surface area contributed by atoms with Gasteiger partial charge in [0.25, 0.3) is 17.7 Å². The van der Waals surface area contributed by atoms with Gasteiger partial charge in [0, 0.05) is 35.4 Å². The van der Waals surface area contributed by atoms with Crippen LogP contribution in [0.5, 0.6) is 0 Å². The van der Waals surface area contributed by atoms with Gasteiger partial charge < -0.3 is 35.6 Å². The van der Waals surface area contributed by atoms with Crippen LogP contribution in [0.15, 0.2) is 42.5 Å². The molecular formula is C30H38FN3O7. The average molecular weight is 572 g/mol. The Balaban J connectivity index is 1.75. The Morgan fingerprint density at radius 1 is 1.05 bits per heavy atom. The van der Waals surface area contributed by atoms with Gasteiger partial charge in [-0.3, -0.25) is 14.4 Å². The van der Waals surface area contributed by atoms with Gasteiger partial charge in [-0.25, -0.2) is 4.39 Å². The minimum Gasteiger partial charge on any atom is -0.396 e. The van der Waals surface area contributed by atoms with Crippen molar-refractivity contribution >= 4 is 34.8 Å². The highest BCUT2D eigenvalue weighted by Crippen LogP contribution is 2.58. The maximum Gasteiger partial charge on any atom is 0.264 e. The second kappa shape index (κ2) is 11.5. The first-order valence-corrected chi connectivity index (χ1v) is 13.7. The van der Waals surface area contributed by atoms with E-state index in [1.807, 2.05) is 0 Å². The summed E-state index contributed by atoms with van der Waals surface area (Å²) in [5.41, 5.74) is -0.726. The molecular weight excluding hydrogens is 533 g/mol. The highest BCUT2D eigenvalue weighted by Gasteiger charge is 2.66. The van der Waals surface area contributed by atoms with Gasteiger partial charge in [0.05, 0.1) is 18.3 Å². The number of amides is 3. The molecule has 11 heteroatoms. The lowest BCUT2D eigenvalue weighted by molar-refractivity contribution is -0.146. The van der Waals surface area contributed by atoms with Gasteiger partial charge >= 0.3 is 0 Å². The number of fused-ring (bicyclic) bond motifs is 2. The number of nitrogens with one attached hydrogen (secondary N) is 2. The third-order valence-electron chi connectivity index (χ3n) is 7.96. The van der Waals surface area contributed by atoms with Crippen LogP contribution in [0, 0.1) is 11.8 Å². The zero-order valence-electron chi connectivity index (χ0n) is 23.8. The van der Waals surface area contributed by atoms with Crippen LogP contribution in [-0.2, 0) is 31.3 Å². The van der Waals surface area contributed by atoms with Gasteiger partial charge in [0.2, 0.25) is 0 Å². The van der Waals surface area contributed by atoms with Crippen molar-refractivity contribution in [2.75, 3.05) is 22.1 Å². The van der Waals surface area contributed by atoms with Crippen LogP contribution in [0.25, 0.3) is 0 Å². The average Bonchev–Trinajstić information content (AvgIpc) is 3.31. The Morgan fingerprint density at radius 2 is 1.61 bits per heavy atom. The molecule has 0 bridgehead atoms. The summed E-state index contributed by atoms with van der Waals surface area (Å²) < 4.78 is 22.1. The molecule has 2 aromatic carbocycles. The summed E-state index contributed by atoms with van der Waals surface area (Å²) >= 11 is 0. The first-order valence-electron chi connectivity index (χ1n) is 13.7. The van der Waals surface area contributed by atoms with Crippen molar-refractivity contribution in [3.05, 3.63) is 53.6 Å². The second-order valence-electron chi connectivity index (χ2n) is 11.4. The number of alkyl halides is 1. The molecule has 0 unspecified atom stereocenters. The SMILES string of the molecule is C[C@H](O)C(=O)Nc1ccc(CN2C(=O)[C@]3(O[C@H](CCO)[C@@H](C(C)(C)F)[C@@H]3C)c3cc(NC(=O)[C@H](C)O)ccc32)cc1. The van der Waals surface area contributed by atoms with Gasteiger partial charge in [-0.05, 0) is 70.0 Å². The first kappa shape index (κ1) is 30.6. The van der Waals surface area contributed by atoms with Crippen LogP contribution in [0.3, 0.4) is 0 Å². The van der Waals surface area contributed by atoms with E-state index in [1.54, 1.807) is 54.3 Å². The normalized spacial score (nSPS) is 25.2. The molecule has 5 N–H and O–H groups in total. The van der Waals surface area contributed by atoms with Crippen LogP contribution in [-0.4, -0.2) is 63.6 Å². The zero-order valence-corrected chi connectivity index (χ0v) is 23.8. The van der Waals surface area contributed by atoms with E-state index in [9.17, 15) is 29.7 Å². The summed E-state index contributed by atoms with van der Waals surface area (Å²) in [6.45, 7) is 7.26. The van der Waals surface area contributed by atoms with Gasteiger partial charge in [-0.15, -0.1) is 0 Å². The molecule has 41 heavy (non-hydrogen) atoms. The minimum atomic E-state index is -1.72. The Morgan fingerprint density at radius 3 is 2.15 bits per heavy atom. The van der Waals surface area contributed by atoms with Crippen molar-refractivity contribution < 1.29 is 38.8 Å². The zero-order chi connectivity index (χ0) is 30.3. The van der Waals surface area contributed by atoms with E-state index in [4.69, 9.17) is 4.74 Å². The van der Waals surface area contributed by atoms with Gasteiger partial charge in [-0.2, -0.15) is 0 Å². The molecule has 0 radical (unpaired) electrons. The smallest absolute Gasteiger partial charge is 0.264 e. The molecule has 2 heterocycles. The number of aliphatic hydroxyl groups is 3. The van der Waals surface area contributed by atoms with E-state index in [0.717, 1.165) is 5.56 Å². The second-order valence-corrected chi connectivity index (χ2v) is 11.4. The molecule has 2 aliphatic rings. The number of nitrogens with zero attached hydrogens (tertiary/aromatic N) is 1. The van der Waals surface area contributed by atoms with Crippen LogP contribution in [0.2, 0.25) is 0 Å². The van der Waals surface area contributed by atoms with Crippen molar-refractivity contribution in [2.24, 2.45) is 11.8 Å². The molecule has 0 aromatic heterocycles. The van der Waals surface area contributed by atoms with E-state index < -0.39 is 53.2 Å². The molecule has 6 atom stereocenters. The van der Waals surface area contributed by atoms with E-state index in [1.165, 1.54) is 27.7 Å². The molecule has 4 rings (SSSR count). The van der Waals surface area contributed by atoms with Crippen molar-refractivity contribution in [3.8, 4) is 0 Å². The van der Waals surface area contributed by atoms with E-state index >= 15 is 4.39 Å². The standard InChI is InChI=1S/C30H38FN3O7/c1-16-25(29(4,5)31)24(12-13-35)41-30(16)22-14-21(33-27(39)18(3)37)10-11-23(22)34(28(30)40)15-19-6-8-20(9-7-19)32-26(38)17(2)36/h6-11,14,16-18,24-25,35-37H,12-13,15H2,1-5H3,(H,32,38)(H,33,39)/t16-,17-,18-,24+,25-,30+/m0/s1. The molecule has 1 saturated heterocycles. The fourth-order valence-electron chi connectivity index (χ4n) is 6.05. The van der Waals surface area contributed by atoms with Crippen molar-refractivity contribution in [3.63, 3.8) is 0 Å². The Kier molecular flexibility index (Phi) is 8.56. The monoisotopic (exact) mass is 571 g/mol. The Bertz CT molecular complexity index is 1310. The van der Waals surface area contributed by atoms with Gasteiger partial charge in [-0.1, -0.05) is 19.1 Å². The molecule has 1 fully saturated rings. The number of halogens is 1. The van der Waals surface area contributed by atoms with Crippen LogP contribution >= 0.6 is 0 Å². The first-order chi connectivity index (χ1) is 19.2. The third-order valence-corrected chi connectivity index (χ3v) is 7.96. The highest BCUT2D eigenvalue weighted by atomic mass is 19.1. The molecule has 10 nitrogen and oxygen atoms in total. The largest absolute Gasteiger partial charge is 0.396 e. The van der Waals surface area contributed by atoms with E-state index in [0.29, 0.717) is 22.6 Å². The Hall–Kier alpha value is -3.38. The fraction of sp³-hybridized carbons (Fsp3) is 0.500. The van der Waals surface area contributed by atoms with Crippen LogP contribution < -0.4 is 15.5 Å². The summed E-state index contributed by atoms with van der Waals surface area (Å²) in [6, 6.07) is 11.7. The molecule has 222 valence electrons. The number of hydrogen-bond acceptors (Lipinski definition) is 7. The summed E-state index contributed by atoms with van der Waals surface area (Å²) in [7, 11) is 0. The molecule has 0 aliphatic carbocycles. The number of aliphatic hydroxyl groups excluding tert-OH is 3. The number of benzene rings is 2. The maximum atomic E-state index is 15.6. The number of rotatable bonds is 9. The maximum absolute atomic E-state index is 15.6. The van der Waals surface area contributed by atoms with Crippen molar-refractivity contribution in [2.45, 2.75) is 77.2 Å². The van der Waals surface area contributed by atoms with Gasteiger partial charge in [0.15, 0.2) is 5.60 Å². The molecule has 3 amide bonds. The number of carbonyl (C=O) groups excluding carboxylic acids is 3. The predicted octanol–water partition coefficient (Wildman–Crippen LogP) is 2.85. The summed E-state index contributed by atoms with van der Waals surface area (Å²) in [5, 5.41) is 34.1. The highest BCUT2D eigenvalue weighted by molar-refractivity contribution is 6.08. The van der Waals surface area contributed by atoms with Crippen molar-refractivity contribution in [1.29, 1.82) is 0 Å². The third kappa shape index (κ3) is 5.72. The predicted molar refractivity (Wildman–Crippen MR) is 151 cm³/mol. The number of anilines is 3. The van der Waals surface area contributed by atoms with Crippen LogP contribution in [0.1, 0.15) is 52.2 Å². The lowest BCUT2D eigenvalue weighted by Crippen LogP contribution is -2.45. The van der Waals surface area contributed by atoms with Crippen LogP contribution in [0.4, 0.5) is 21.5 Å². The number of carbonyl (C=O) groups is 3. The fourth-order valence-corrected chi connectivity index (χ4v) is 6.05. The summed E-state index contributed by atoms with van der Waals surface area (Å²) in [5.74, 6) is -2.89. The van der Waals surface area contributed by atoms with E-state index in [-0.39, 0.29) is 25.5 Å². The van der Waals surface area contributed by atoms with Crippen molar-refractivity contribution in [1.82, 2.24) is 0 Å². The molecule has 0 saturated carbocycles. The minimum absolute atomic E-state index is 0.141. The lowest BCUT2D eigenvalue weighted by Gasteiger charge is -2.32. The molecule has 2 aromatic rings. The number of hydrogen-bond donors (Lipinski definition) is 5. The quantitative estimate of drug-likeness (QED) is 0.311. The lowest BCUT2D eigenvalue weighted by atomic mass is 9.71. The van der Waals surface area contributed by atoms with E-state index in [2.05, 4.69) is 10.6 Å². The Labute approximate surface area is 238 Å². The summed E-state index contributed by atoms with van der Waals surface area (Å²) in [4.78, 5) is 40.0. The molecule has 2 aliphatic heterocycles. The summed E-state index contributed by atoms with van der Waals surface area (Å²) in [6.07, 6.45) is -3.01. The van der Waals surface area contributed by atoms with Gasteiger partial charge in [0.1, 0.15) is 17.9 Å². The topological polar surface area (TPSA) is 148 Å². The molecule has 1 spiro atoms. The number of ether oxygens (including phenoxy) is 1.